The second kappa shape index (κ2) is 5.15. The number of likely N-dealkylation sites (tertiary alicyclic amines) is 1. The third kappa shape index (κ3) is 2.55. The number of aliphatic hydroxyl groups is 1. The first-order valence-corrected chi connectivity index (χ1v) is 6.33. The summed E-state index contributed by atoms with van der Waals surface area (Å²) in [6, 6.07) is 0.379. The number of hydrogen-bond acceptors (Lipinski definition) is 3. The summed E-state index contributed by atoms with van der Waals surface area (Å²) in [6.07, 6.45) is 5.33. The first-order chi connectivity index (χ1) is 7.68. The first-order valence-electron chi connectivity index (χ1n) is 6.33. The van der Waals surface area contributed by atoms with E-state index in [1.165, 1.54) is 19.3 Å². The van der Waals surface area contributed by atoms with Crippen LogP contribution in [0.1, 0.15) is 38.5 Å². The molecular formula is C12H21NO3. The average Bonchev–Trinajstić information content (AvgIpc) is 2.30. The lowest BCUT2D eigenvalue weighted by atomic mass is 9.82. The molecule has 0 aromatic carbocycles. The normalized spacial score (nSPS) is 37.2. The van der Waals surface area contributed by atoms with Crippen LogP contribution in [0.25, 0.3) is 0 Å². The number of carbonyl (C=O) groups is 1. The van der Waals surface area contributed by atoms with Gasteiger partial charge < -0.3 is 15.1 Å². The number of rotatable bonds is 2. The lowest BCUT2D eigenvalue weighted by Crippen LogP contribution is -2.46. The van der Waals surface area contributed by atoms with E-state index in [4.69, 9.17) is 5.11 Å². The highest BCUT2D eigenvalue weighted by molar-refractivity contribution is 5.70. The fourth-order valence-corrected chi connectivity index (χ4v) is 3.01. The lowest BCUT2D eigenvalue weighted by molar-refractivity contribution is -0.148. The summed E-state index contributed by atoms with van der Waals surface area (Å²) in [7, 11) is 0. The Hall–Kier alpha value is -0.610. The molecule has 1 saturated heterocycles. The fraction of sp³-hybridized carbons (Fsp3) is 0.917. The zero-order valence-electron chi connectivity index (χ0n) is 9.64. The third-order valence-electron chi connectivity index (χ3n) is 4.01. The summed E-state index contributed by atoms with van der Waals surface area (Å²) in [5, 5.41) is 18.7. The van der Waals surface area contributed by atoms with Crippen molar-refractivity contribution in [3.05, 3.63) is 0 Å². The standard InChI is InChI=1S/C12H21NO3/c14-11-5-4-9(8-10(11)12(15)16)13-6-2-1-3-7-13/h9-11,14H,1-8H2,(H,15,16). The van der Waals surface area contributed by atoms with Gasteiger partial charge in [0.1, 0.15) is 0 Å². The minimum Gasteiger partial charge on any atom is -0.481 e. The maximum absolute atomic E-state index is 11.0. The summed E-state index contributed by atoms with van der Waals surface area (Å²) in [5.41, 5.74) is 0. The molecule has 2 rings (SSSR count). The molecule has 0 amide bonds. The number of aliphatic carboxylic acids is 1. The van der Waals surface area contributed by atoms with Gasteiger partial charge in [-0.15, -0.1) is 0 Å². The van der Waals surface area contributed by atoms with E-state index in [0.717, 1.165) is 19.5 Å². The van der Waals surface area contributed by atoms with Gasteiger partial charge in [-0.3, -0.25) is 4.79 Å². The minimum absolute atomic E-state index is 0.379. The maximum Gasteiger partial charge on any atom is 0.309 e. The van der Waals surface area contributed by atoms with Crippen LogP contribution in [0.4, 0.5) is 0 Å². The van der Waals surface area contributed by atoms with Crippen molar-refractivity contribution in [3.63, 3.8) is 0 Å². The molecular weight excluding hydrogens is 206 g/mol. The van der Waals surface area contributed by atoms with Gasteiger partial charge >= 0.3 is 5.97 Å². The van der Waals surface area contributed by atoms with E-state index >= 15 is 0 Å². The molecule has 16 heavy (non-hydrogen) atoms. The van der Waals surface area contributed by atoms with Crippen LogP contribution in [-0.2, 0) is 4.79 Å². The van der Waals surface area contributed by atoms with E-state index in [0.29, 0.717) is 18.9 Å². The van der Waals surface area contributed by atoms with Crippen molar-refractivity contribution in [2.45, 2.75) is 50.7 Å². The maximum atomic E-state index is 11.0. The Morgan fingerprint density at radius 2 is 1.81 bits per heavy atom. The molecule has 0 radical (unpaired) electrons. The molecule has 1 heterocycles. The molecule has 92 valence electrons. The van der Waals surface area contributed by atoms with E-state index in [1.54, 1.807) is 0 Å². The van der Waals surface area contributed by atoms with Crippen LogP contribution in [0.3, 0.4) is 0 Å². The molecule has 4 nitrogen and oxygen atoms in total. The topological polar surface area (TPSA) is 60.8 Å². The van der Waals surface area contributed by atoms with Crippen LogP contribution in [-0.4, -0.2) is 46.3 Å². The van der Waals surface area contributed by atoms with E-state index in [1.807, 2.05) is 0 Å². The van der Waals surface area contributed by atoms with Crippen LogP contribution in [0.15, 0.2) is 0 Å². The fourth-order valence-electron chi connectivity index (χ4n) is 3.01. The van der Waals surface area contributed by atoms with Crippen molar-refractivity contribution in [2.24, 2.45) is 5.92 Å². The molecule has 0 aromatic heterocycles. The molecule has 0 spiro atoms. The van der Waals surface area contributed by atoms with Crippen LogP contribution in [0.5, 0.6) is 0 Å². The minimum atomic E-state index is -0.839. The van der Waals surface area contributed by atoms with Gasteiger partial charge in [0.25, 0.3) is 0 Å². The summed E-state index contributed by atoms with van der Waals surface area (Å²) < 4.78 is 0. The van der Waals surface area contributed by atoms with Gasteiger partial charge in [-0.2, -0.15) is 0 Å². The molecule has 1 saturated carbocycles. The summed E-state index contributed by atoms with van der Waals surface area (Å²) in [6.45, 7) is 2.21. The predicted octanol–water partition coefficient (Wildman–Crippen LogP) is 1.09. The summed E-state index contributed by atoms with van der Waals surface area (Å²) >= 11 is 0. The summed E-state index contributed by atoms with van der Waals surface area (Å²) in [5.74, 6) is -1.39. The first kappa shape index (κ1) is 11.9. The van der Waals surface area contributed by atoms with Crippen molar-refractivity contribution in [1.82, 2.24) is 4.90 Å². The Bertz CT molecular complexity index is 251. The molecule has 2 aliphatic rings. The van der Waals surface area contributed by atoms with Crippen LogP contribution in [0.2, 0.25) is 0 Å². The highest BCUT2D eigenvalue weighted by atomic mass is 16.4. The molecule has 3 unspecified atom stereocenters. The monoisotopic (exact) mass is 227 g/mol. The number of carboxylic acid groups (broad SMARTS) is 1. The SMILES string of the molecule is O=C(O)C1CC(N2CCCCC2)CCC1O. The van der Waals surface area contributed by atoms with Gasteiger partial charge in [0.2, 0.25) is 0 Å². The molecule has 2 N–H and O–H groups in total. The number of nitrogens with zero attached hydrogens (tertiary/aromatic N) is 1. The lowest BCUT2D eigenvalue weighted by Gasteiger charge is -2.40. The van der Waals surface area contributed by atoms with Gasteiger partial charge in [-0.25, -0.2) is 0 Å². The van der Waals surface area contributed by atoms with Crippen molar-refractivity contribution in [2.75, 3.05) is 13.1 Å². The van der Waals surface area contributed by atoms with Crippen molar-refractivity contribution in [3.8, 4) is 0 Å². The Morgan fingerprint density at radius 3 is 2.44 bits per heavy atom. The number of hydrogen-bond donors (Lipinski definition) is 2. The molecule has 4 heteroatoms. The van der Waals surface area contributed by atoms with E-state index < -0.39 is 18.0 Å². The second-order valence-electron chi connectivity index (χ2n) is 5.08. The Balaban J connectivity index is 1.93. The summed E-state index contributed by atoms with van der Waals surface area (Å²) in [4.78, 5) is 13.4. The molecule has 2 fully saturated rings. The zero-order chi connectivity index (χ0) is 11.5. The van der Waals surface area contributed by atoms with Crippen LogP contribution >= 0.6 is 0 Å². The smallest absolute Gasteiger partial charge is 0.309 e. The van der Waals surface area contributed by atoms with Gasteiger partial charge in [0.05, 0.1) is 12.0 Å². The largest absolute Gasteiger partial charge is 0.481 e. The molecule has 1 aliphatic carbocycles. The Morgan fingerprint density at radius 1 is 1.12 bits per heavy atom. The molecule has 0 aromatic rings. The van der Waals surface area contributed by atoms with Crippen LogP contribution in [0, 0.1) is 5.92 Å². The number of aliphatic hydroxyl groups excluding tert-OH is 1. The van der Waals surface area contributed by atoms with E-state index in [9.17, 15) is 9.90 Å². The zero-order valence-corrected chi connectivity index (χ0v) is 9.64. The van der Waals surface area contributed by atoms with Crippen LogP contribution < -0.4 is 0 Å². The van der Waals surface area contributed by atoms with E-state index in [2.05, 4.69) is 4.90 Å². The Kier molecular flexibility index (Phi) is 3.82. The third-order valence-corrected chi connectivity index (χ3v) is 4.01. The van der Waals surface area contributed by atoms with Gasteiger partial charge in [-0.1, -0.05) is 6.42 Å². The highest BCUT2D eigenvalue weighted by Gasteiger charge is 2.36. The van der Waals surface area contributed by atoms with Gasteiger partial charge in [-0.05, 0) is 45.2 Å². The molecule has 3 atom stereocenters. The van der Waals surface area contributed by atoms with E-state index in [-0.39, 0.29) is 0 Å². The second-order valence-corrected chi connectivity index (χ2v) is 5.08. The van der Waals surface area contributed by atoms with Crippen molar-refractivity contribution in [1.29, 1.82) is 0 Å². The van der Waals surface area contributed by atoms with Crippen molar-refractivity contribution < 1.29 is 15.0 Å². The van der Waals surface area contributed by atoms with Gasteiger partial charge in [0, 0.05) is 6.04 Å². The Labute approximate surface area is 96.3 Å². The van der Waals surface area contributed by atoms with Crippen molar-refractivity contribution >= 4 is 5.97 Å². The number of carboxylic acids is 1. The quantitative estimate of drug-likeness (QED) is 0.741. The van der Waals surface area contributed by atoms with Gasteiger partial charge in [0.15, 0.2) is 0 Å². The molecule has 1 aliphatic heterocycles. The highest BCUT2D eigenvalue weighted by Crippen LogP contribution is 2.29. The average molecular weight is 227 g/mol. The molecule has 0 bridgehead atoms. The number of piperidine rings is 1. The predicted molar refractivity (Wildman–Crippen MR) is 60.2 cm³/mol.